The maximum Gasteiger partial charge on any atom is 0.238 e. The third-order valence-corrected chi connectivity index (χ3v) is 2.95. The summed E-state index contributed by atoms with van der Waals surface area (Å²) < 4.78 is 0. The van der Waals surface area contributed by atoms with Crippen LogP contribution in [-0.4, -0.2) is 18.5 Å². The molecule has 0 saturated heterocycles. The molecule has 0 radical (unpaired) electrons. The molecular weight excluding hydrogens is 248 g/mol. The Morgan fingerprint density at radius 2 is 2.22 bits per heavy atom. The maximum atomic E-state index is 11.7. The Labute approximate surface area is 114 Å². The van der Waals surface area contributed by atoms with Crippen molar-refractivity contribution in [3.05, 3.63) is 29.3 Å². The van der Waals surface area contributed by atoms with Gasteiger partial charge < -0.3 is 10.6 Å². The van der Waals surface area contributed by atoms with Crippen LogP contribution < -0.4 is 10.6 Å². The van der Waals surface area contributed by atoms with E-state index in [0.717, 1.165) is 12.1 Å². The molecule has 3 nitrogen and oxygen atoms in total. The van der Waals surface area contributed by atoms with Crippen molar-refractivity contribution in [1.29, 1.82) is 0 Å². The van der Waals surface area contributed by atoms with Crippen LogP contribution >= 0.6 is 11.6 Å². The molecule has 0 heterocycles. The number of benzene rings is 1. The van der Waals surface area contributed by atoms with Crippen molar-refractivity contribution in [2.75, 3.05) is 11.9 Å². The Balaban J connectivity index is 2.29. The van der Waals surface area contributed by atoms with E-state index in [1.807, 2.05) is 12.1 Å². The first-order valence-electron chi connectivity index (χ1n) is 6.40. The number of hydrogen-bond acceptors (Lipinski definition) is 2. The van der Waals surface area contributed by atoms with Gasteiger partial charge >= 0.3 is 0 Å². The second-order valence-electron chi connectivity index (χ2n) is 4.48. The molecule has 100 valence electrons. The van der Waals surface area contributed by atoms with Crippen LogP contribution in [0, 0.1) is 0 Å². The SMILES string of the molecule is CCCCC(C)NCC(=O)Nc1cccc(Cl)c1. The van der Waals surface area contributed by atoms with Crippen molar-refractivity contribution in [2.24, 2.45) is 0 Å². The molecule has 1 aromatic carbocycles. The third-order valence-electron chi connectivity index (χ3n) is 2.71. The molecule has 1 rings (SSSR count). The summed E-state index contributed by atoms with van der Waals surface area (Å²) in [4.78, 5) is 11.7. The molecule has 0 saturated carbocycles. The minimum Gasteiger partial charge on any atom is -0.325 e. The lowest BCUT2D eigenvalue weighted by Gasteiger charge is -2.13. The second-order valence-corrected chi connectivity index (χ2v) is 4.92. The first-order valence-corrected chi connectivity index (χ1v) is 6.78. The van der Waals surface area contributed by atoms with E-state index in [2.05, 4.69) is 24.5 Å². The van der Waals surface area contributed by atoms with Gasteiger partial charge in [-0.15, -0.1) is 0 Å². The topological polar surface area (TPSA) is 41.1 Å². The summed E-state index contributed by atoms with van der Waals surface area (Å²) in [6.45, 7) is 4.60. The molecule has 0 fully saturated rings. The maximum absolute atomic E-state index is 11.7. The zero-order valence-corrected chi connectivity index (χ0v) is 11.8. The van der Waals surface area contributed by atoms with Crippen molar-refractivity contribution >= 4 is 23.2 Å². The van der Waals surface area contributed by atoms with Crippen LogP contribution in [0.5, 0.6) is 0 Å². The Morgan fingerprint density at radius 1 is 1.44 bits per heavy atom. The number of hydrogen-bond donors (Lipinski definition) is 2. The predicted octanol–water partition coefficient (Wildman–Crippen LogP) is 3.45. The average Bonchev–Trinajstić information content (AvgIpc) is 2.34. The first-order chi connectivity index (χ1) is 8.61. The van der Waals surface area contributed by atoms with Crippen molar-refractivity contribution in [3.63, 3.8) is 0 Å². The van der Waals surface area contributed by atoms with Gasteiger partial charge in [-0.3, -0.25) is 4.79 Å². The fourth-order valence-electron chi connectivity index (χ4n) is 1.65. The van der Waals surface area contributed by atoms with E-state index >= 15 is 0 Å². The monoisotopic (exact) mass is 268 g/mol. The average molecular weight is 269 g/mol. The van der Waals surface area contributed by atoms with Gasteiger partial charge in [0.05, 0.1) is 6.54 Å². The number of carbonyl (C=O) groups excluding carboxylic acids is 1. The van der Waals surface area contributed by atoms with Crippen LogP contribution in [0.3, 0.4) is 0 Å². The number of carbonyl (C=O) groups is 1. The number of nitrogens with one attached hydrogen (secondary N) is 2. The van der Waals surface area contributed by atoms with Crippen LogP contribution in [-0.2, 0) is 4.79 Å². The molecule has 1 amide bonds. The van der Waals surface area contributed by atoms with Gasteiger partial charge in [-0.2, -0.15) is 0 Å². The standard InChI is InChI=1S/C14H21ClN2O/c1-3-4-6-11(2)16-10-14(18)17-13-8-5-7-12(15)9-13/h5,7-9,11,16H,3-4,6,10H2,1-2H3,(H,17,18). The molecule has 1 unspecified atom stereocenters. The van der Waals surface area contributed by atoms with E-state index in [0.29, 0.717) is 17.6 Å². The van der Waals surface area contributed by atoms with Gasteiger partial charge in [0.25, 0.3) is 0 Å². The number of rotatable bonds is 7. The summed E-state index contributed by atoms with van der Waals surface area (Å²) in [5.41, 5.74) is 0.732. The number of halogens is 1. The molecule has 1 atom stereocenters. The minimum atomic E-state index is -0.0411. The Hall–Kier alpha value is -1.06. The fraction of sp³-hybridized carbons (Fsp3) is 0.500. The van der Waals surface area contributed by atoms with Crippen molar-refractivity contribution < 1.29 is 4.79 Å². The first kappa shape index (κ1) is 15.0. The highest BCUT2D eigenvalue weighted by molar-refractivity contribution is 6.30. The zero-order valence-electron chi connectivity index (χ0n) is 11.0. The van der Waals surface area contributed by atoms with Crippen molar-refractivity contribution in [2.45, 2.75) is 39.2 Å². The highest BCUT2D eigenvalue weighted by atomic mass is 35.5. The fourth-order valence-corrected chi connectivity index (χ4v) is 1.84. The smallest absolute Gasteiger partial charge is 0.238 e. The van der Waals surface area contributed by atoms with E-state index in [4.69, 9.17) is 11.6 Å². The van der Waals surface area contributed by atoms with Crippen molar-refractivity contribution in [3.8, 4) is 0 Å². The summed E-state index contributed by atoms with van der Waals surface area (Å²) in [7, 11) is 0. The predicted molar refractivity (Wildman–Crippen MR) is 77.1 cm³/mol. The summed E-state index contributed by atoms with van der Waals surface area (Å²) in [5.74, 6) is -0.0411. The molecule has 0 aliphatic heterocycles. The molecule has 1 aromatic rings. The molecule has 0 spiro atoms. The van der Waals surface area contributed by atoms with Gasteiger partial charge in [0, 0.05) is 16.8 Å². The van der Waals surface area contributed by atoms with Crippen LogP contribution in [0.4, 0.5) is 5.69 Å². The molecular formula is C14H21ClN2O. The summed E-state index contributed by atoms with van der Waals surface area (Å²) >= 11 is 5.85. The number of unbranched alkanes of at least 4 members (excludes halogenated alkanes) is 1. The second kappa shape index (κ2) is 8.11. The number of anilines is 1. The van der Waals surface area contributed by atoms with E-state index in [1.165, 1.54) is 12.8 Å². The summed E-state index contributed by atoms with van der Waals surface area (Å²) in [6, 6.07) is 7.52. The third kappa shape index (κ3) is 6.03. The molecule has 2 N–H and O–H groups in total. The van der Waals surface area contributed by atoms with Crippen molar-refractivity contribution in [1.82, 2.24) is 5.32 Å². The molecule has 0 aliphatic rings. The van der Waals surface area contributed by atoms with Gasteiger partial charge in [-0.25, -0.2) is 0 Å². The van der Waals surface area contributed by atoms with E-state index in [1.54, 1.807) is 12.1 Å². The van der Waals surface area contributed by atoms with E-state index in [9.17, 15) is 4.79 Å². The molecule has 4 heteroatoms. The van der Waals surface area contributed by atoms with Gasteiger partial charge in [0.2, 0.25) is 5.91 Å². The lowest BCUT2D eigenvalue weighted by Crippen LogP contribution is -2.34. The van der Waals surface area contributed by atoms with Gasteiger partial charge in [0.15, 0.2) is 0 Å². The molecule has 0 aromatic heterocycles. The van der Waals surface area contributed by atoms with Gasteiger partial charge in [-0.1, -0.05) is 37.4 Å². The molecule has 0 aliphatic carbocycles. The van der Waals surface area contributed by atoms with Gasteiger partial charge in [0.1, 0.15) is 0 Å². The Bertz CT molecular complexity index is 382. The molecule has 18 heavy (non-hydrogen) atoms. The van der Waals surface area contributed by atoms with Crippen LogP contribution in [0.1, 0.15) is 33.1 Å². The largest absolute Gasteiger partial charge is 0.325 e. The minimum absolute atomic E-state index is 0.0411. The van der Waals surface area contributed by atoms with E-state index < -0.39 is 0 Å². The lowest BCUT2D eigenvalue weighted by molar-refractivity contribution is -0.115. The summed E-state index contributed by atoms with van der Waals surface area (Å²) in [5, 5.41) is 6.64. The van der Waals surface area contributed by atoms with Gasteiger partial charge in [-0.05, 0) is 31.5 Å². The Kier molecular flexibility index (Phi) is 6.76. The van der Waals surface area contributed by atoms with Crippen LogP contribution in [0.2, 0.25) is 5.02 Å². The van der Waals surface area contributed by atoms with Crippen LogP contribution in [0.15, 0.2) is 24.3 Å². The summed E-state index contributed by atoms with van der Waals surface area (Å²) in [6.07, 6.45) is 3.46. The quantitative estimate of drug-likeness (QED) is 0.795. The van der Waals surface area contributed by atoms with E-state index in [-0.39, 0.29) is 5.91 Å². The lowest BCUT2D eigenvalue weighted by atomic mass is 10.1. The highest BCUT2D eigenvalue weighted by Crippen LogP contribution is 2.14. The highest BCUT2D eigenvalue weighted by Gasteiger charge is 2.05. The zero-order chi connectivity index (χ0) is 13.4. The normalized spacial score (nSPS) is 12.2. The molecule has 0 bridgehead atoms. The Morgan fingerprint density at radius 3 is 2.89 bits per heavy atom. The number of amides is 1. The van der Waals surface area contributed by atoms with Crippen LogP contribution in [0.25, 0.3) is 0 Å².